The average Bonchev–Trinajstić information content (AvgIpc) is 2.33. The first-order valence-corrected chi connectivity index (χ1v) is 5.11. The van der Waals surface area contributed by atoms with Gasteiger partial charge in [0.2, 0.25) is 0 Å². The molecule has 0 unspecified atom stereocenters. The van der Waals surface area contributed by atoms with Crippen LogP contribution in [0.2, 0.25) is 0 Å². The van der Waals surface area contributed by atoms with Crippen molar-refractivity contribution < 1.29 is 4.79 Å². The summed E-state index contributed by atoms with van der Waals surface area (Å²) in [5.41, 5.74) is 0.835. The van der Waals surface area contributed by atoms with Crippen LogP contribution in [0.4, 0.5) is 0 Å². The Kier molecular flexibility index (Phi) is 5.31. The lowest BCUT2D eigenvalue weighted by Gasteiger charge is -1.96. The Morgan fingerprint density at radius 1 is 1.31 bits per heavy atom. The van der Waals surface area contributed by atoms with Gasteiger partial charge in [-0.05, 0) is 18.6 Å². The van der Waals surface area contributed by atoms with Gasteiger partial charge in [0.1, 0.15) is 0 Å². The number of hydrogen-bond acceptors (Lipinski definition) is 1. The molecule has 0 aliphatic rings. The highest BCUT2D eigenvalue weighted by molar-refractivity contribution is 5.94. The van der Waals surface area contributed by atoms with Gasteiger partial charge in [-0.3, -0.25) is 4.79 Å². The molecule has 0 spiro atoms. The average molecular weight is 211 g/mol. The van der Waals surface area contributed by atoms with Crippen LogP contribution in [-0.2, 0) is 4.79 Å². The van der Waals surface area contributed by atoms with Crippen LogP contribution in [0.5, 0.6) is 0 Å². The maximum atomic E-state index is 11.2. The third-order valence-electron chi connectivity index (χ3n) is 1.88. The van der Waals surface area contributed by atoms with E-state index < -0.39 is 0 Å². The van der Waals surface area contributed by atoms with E-state index in [0.717, 1.165) is 12.0 Å². The summed E-state index contributed by atoms with van der Waals surface area (Å²) in [6, 6.07) is 9.39. The third kappa shape index (κ3) is 4.88. The van der Waals surface area contributed by atoms with Crippen LogP contribution < -0.4 is 5.32 Å². The summed E-state index contributed by atoms with van der Waals surface area (Å²) >= 11 is 0. The van der Waals surface area contributed by atoms with Crippen molar-refractivity contribution in [1.29, 1.82) is 0 Å². The highest BCUT2D eigenvalue weighted by atomic mass is 16.1. The largest absolute Gasteiger partial charge is 0.345 e. The Hall–Kier alpha value is -2.19. The lowest BCUT2D eigenvalue weighted by molar-refractivity contribution is -0.115. The van der Waals surface area contributed by atoms with Gasteiger partial charge in [0, 0.05) is 24.4 Å². The highest BCUT2D eigenvalue weighted by Crippen LogP contribution is 1.94. The molecule has 2 heteroatoms. The summed E-state index contributed by atoms with van der Waals surface area (Å²) in [6.07, 6.45) is 6.55. The SMILES string of the molecule is C#CCCCNC(=O)C#Cc1ccccc1. The number of amides is 1. The lowest BCUT2D eigenvalue weighted by atomic mass is 10.2. The fraction of sp³-hybridized carbons (Fsp3) is 0.214. The molecule has 1 rings (SSSR count). The molecule has 1 N–H and O–H groups in total. The number of hydrogen-bond donors (Lipinski definition) is 1. The van der Waals surface area contributed by atoms with E-state index in [9.17, 15) is 4.79 Å². The second-order valence-electron chi connectivity index (χ2n) is 3.18. The molecule has 0 bridgehead atoms. The summed E-state index contributed by atoms with van der Waals surface area (Å²) in [6.45, 7) is 0.576. The van der Waals surface area contributed by atoms with Gasteiger partial charge in [0.05, 0.1) is 0 Å². The van der Waals surface area contributed by atoms with E-state index in [1.54, 1.807) is 0 Å². The smallest absolute Gasteiger partial charge is 0.296 e. The summed E-state index contributed by atoms with van der Waals surface area (Å²) in [4.78, 5) is 11.2. The molecule has 0 atom stereocenters. The Morgan fingerprint density at radius 2 is 2.06 bits per heavy atom. The molecular weight excluding hydrogens is 198 g/mol. The zero-order valence-corrected chi connectivity index (χ0v) is 8.99. The number of carbonyl (C=O) groups is 1. The van der Waals surface area contributed by atoms with E-state index in [1.807, 2.05) is 30.3 Å². The lowest BCUT2D eigenvalue weighted by Crippen LogP contribution is -2.22. The first-order chi connectivity index (χ1) is 7.83. The summed E-state index contributed by atoms with van der Waals surface area (Å²) in [5.74, 6) is 7.56. The van der Waals surface area contributed by atoms with E-state index >= 15 is 0 Å². The van der Waals surface area contributed by atoms with Gasteiger partial charge in [-0.2, -0.15) is 0 Å². The molecule has 1 aromatic rings. The molecule has 0 heterocycles. The van der Waals surface area contributed by atoms with E-state index in [-0.39, 0.29) is 5.91 Å². The van der Waals surface area contributed by atoms with Crippen LogP contribution in [0, 0.1) is 24.2 Å². The molecule has 80 valence electrons. The van der Waals surface area contributed by atoms with E-state index in [4.69, 9.17) is 6.42 Å². The van der Waals surface area contributed by atoms with Crippen LogP contribution in [0.15, 0.2) is 30.3 Å². The molecule has 16 heavy (non-hydrogen) atoms. The first-order valence-electron chi connectivity index (χ1n) is 5.11. The summed E-state index contributed by atoms with van der Waals surface area (Å²) in [7, 11) is 0. The molecule has 0 aromatic heterocycles. The monoisotopic (exact) mass is 211 g/mol. The van der Waals surface area contributed by atoms with Crippen molar-refractivity contribution in [1.82, 2.24) is 5.32 Å². The predicted octanol–water partition coefficient (Wildman–Crippen LogP) is 1.57. The number of rotatable bonds is 3. The van der Waals surface area contributed by atoms with Gasteiger partial charge in [0.25, 0.3) is 5.91 Å². The van der Waals surface area contributed by atoms with E-state index in [2.05, 4.69) is 23.1 Å². The number of unbranched alkanes of at least 4 members (excludes halogenated alkanes) is 1. The summed E-state index contributed by atoms with van der Waals surface area (Å²) in [5, 5.41) is 2.68. The van der Waals surface area contributed by atoms with Gasteiger partial charge >= 0.3 is 0 Å². The molecule has 0 aliphatic heterocycles. The predicted molar refractivity (Wildman–Crippen MR) is 64.4 cm³/mol. The van der Waals surface area contributed by atoms with Crippen LogP contribution in [0.1, 0.15) is 18.4 Å². The molecule has 1 aromatic carbocycles. The molecule has 0 aliphatic carbocycles. The van der Waals surface area contributed by atoms with Crippen molar-refractivity contribution in [3.8, 4) is 24.2 Å². The van der Waals surface area contributed by atoms with Crippen LogP contribution >= 0.6 is 0 Å². The van der Waals surface area contributed by atoms with Crippen molar-refractivity contribution in [3.05, 3.63) is 35.9 Å². The minimum atomic E-state index is -0.263. The molecule has 0 saturated heterocycles. The maximum Gasteiger partial charge on any atom is 0.296 e. The highest BCUT2D eigenvalue weighted by Gasteiger charge is 1.93. The molecule has 0 radical (unpaired) electrons. The van der Waals surface area contributed by atoms with Crippen molar-refractivity contribution in [3.63, 3.8) is 0 Å². The van der Waals surface area contributed by atoms with E-state index in [1.165, 1.54) is 0 Å². The van der Waals surface area contributed by atoms with Crippen molar-refractivity contribution in [2.75, 3.05) is 6.54 Å². The normalized spacial score (nSPS) is 8.44. The fourth-order valence-electron chi connectivity index (χ4n) is 1.09. The number of nitrogens with one attached hydrogen (secondary N) is 1. The molecule has 2 nitrogen and oxygen atoms in total. The van der Waals surface area contributed by atoms with Crippen LogP contribution in [0.25, 0.3) is 0 Å². The zero-order valence-electron chi connectivity index (χ0n) is 8.99. The van der Waals surface area contributed by atoms with E-state index in [0.29, 0.717) is 13.0 Å². The van der Waals surface area contributed by atoms with Gasteiger partial charge in [-0.25, -0.2) is 0 Å². The Bertz CT molecular complexity index is 431. The van der Waals surface area contributed by atoms with Gasteiger partial charge in [-0.15, -0.1) is 12.3 Å². The number of terminal acetylenes is 1. The topological polar surface area (TPSA) is 29.1 Å². The molecule has 0 fully saturated rings. The Labute approximate surface area is 96.1 Å². The van der Waals surface area contributed by atoms with Crippen LogP contribution in [0.3, 0.4) is 0 Å². The quantitative estimate of drug-likeness (QED) is 0.596. The molecule has 0 saturated carbocycles. The Morgan fingerprint density at radius 3 is 2.75 bits per heavy atom. The molecule has 1 amide bonds. The van der Waals surface area contributed by atoms with Crippen molar-refractivity contribution in [2.24, 2.45) is 0 Å². The zero-order chi connectivity index (χ0) is 11.6. The first kappa shape index (κ1) is 11.9. The summed E-state index contributed by atoms with van der Waals surface area (Å²) < 4.78 is 0. The van der Waals surface area contributed by atoms with Gasteiger partial charge in [0.15, 0.2) is 0 Å². The number of benzene rings is 1. The fourth-order valence-corrected chi connectivity index (χ4v) is 1.09. The minimum Gasteiger partial charge on any atom is -0.345 e. The van der Waals surface area contributed by atoms with Gasteiger partial charge < -0.3 is 5.32 Å². The standard InChI is InChI=1S/C14H13NO/c1-2-3-7-12-15-14(16)11-10-13-8-5-4-6-9-13/h1,4-6,8-9H,3,7,12H2,(H,15,16). The Balaban J connectivity index is 2.35. The maximum absolute atomic E-state index is 11.2. The molecular formula is C14H13NO. The van der Waals surface area contributed by atoms with Crippen molar-refractivity contribution >= 4 is 5.91 Å². The van der Waals surface area contributed by atoms with Crippen LogP contribution in [-0.4, -0.2) is 12.5 Å². The second kappa shape index (κ2) is 7.15. The second-order valence-corrected chi connectivity index (χ2v) is 3.18. The minimum absolute atomic E-state index is 0.263. The third-order valence-corrected chi connectivity index (χ3v) is 1.88. The number of carbonyl (C=O) groups excluding carboxylic acids is 1. The van der Waals surface area contributed by atoms with Gasteiger partial charge in [-0.1, -0.05) is 24.1 Å². The van der Waals surface area contributed by atoms with Crippen molar-refractivity contribution in [2.45, 2.75) is 12.8 Å².